The van der Waals surface area contributed by atoms with E-state index in [4.69, 9.17) is 5.73 Å². The molecule has 2 aromatic rings. The summed E-state index contributed by atoms with van der Waals surface area (Å²) < 4.78 is 3.40. The zero-order chi connectivity index (χ0) is 14.9. The van der Waals surface area contributed by atoms with Crippen LogP contribution in [-0.2, 0) is 0 Å². The Bertz CT molecular complexity index is 540. The fourth-order valence-corrected chi connectivity index (χ4v) is 2.63. The highest BCUT2D eigenvalue weighted by atomic mass is 32.2. The Morgan fingerprint density at radius 2 is 1.76 bits per heavy atom. The maximum atomic E-state index is 5.74. The summed E-state index contributed by atoms with van der Waals surface area (Å²) in [5.41, 5.74) is 8.93. The summed E-state index contributed by atoms with van der Waals surface area (Å²) in [6.07, 6.45) is 2.28. The average Bonchev–Trinajstić information content (AvgIpc) is 2.48. The third kappa shape index (κ3) is 6.10. The number of hydrogen-bond donors (Lipinski definition) is 3. The molecule has 0 fully saturated rings. The number of anilines is 2. The molecule has 4 N–H and O–H groups in total. The van der Waals surface area contributed by atoms with Crippen molar-refractivity contribution >= 4 is 23.3 Å². The first-order chi connectivity index (χ1) is 10.2. The topological polar surface area (TPSA) is 50.1 Å². The molecule has 0 heterocycles. The molecule has 0 unspecified atom stereocenters. The molecule has 3 nitrogen and oxygen atoms in total. The Labute approximate surface area is 131 Å². The number of nitrogens with two attached hydrogens (primary N) is 1. The molecule has 0 atom stereocenters. The van der Waals surface area contributed by atoms with Crippen molar-refractivity contribution in [3.63, 3.8) is 0 Å². The van der Waals surface area contributed by atoms with Crippen molar-refractivity contribution in [2.75, 3.05) is 24.1 Å². The van der Waals surface area contributed by atoms with Crippen molar-refractivity contribution in [2.45, 2.75) is 24.7 Å². The van der Waals surface area contributed by atoms with Gasteiger partial charge in [-0.15, -0.1) is 0 Å². The molecule has 0 aliphatic carbocycles. The lowest BCUT2D eigenvalue weighted by molar-refractivity contribution is 0.749. The monoisotopic (exact) mass is 301 g/mol. The highest BCUT2D eigenvalue weighted by Gasteiger charge is 1.95. The molecule has 2 rings (SSSR count). The van der Waals surface area contributed by atoms with E-state index in [0.29, 0.717) is 0 Å². The van der Waals surface area contributed by atoms with Crippen LogP contribution in [0.1, 0.15) is 18.4 Å². The van der Waals surface area contributed by atoms with Crippen molar-refractivity contribution in [1.29, 1.82) is 0 Å². The largest absolute Gasteiger partial charge is 0.399 e. The average molecular weight is 301 g/mol. The molecule has 0 saturated carbocycles. The van der Waals surface area contributed by atoms with E-state index < -0.39 is 0 Å². The zero-order valence-corrected chi connectivity index (χ0v) is 13.2. The van der Waals surface area contributed by atoms with Crippen molar-refractivity contribution in [1.82, 2.24) is 4.72 Å². The Morgan fingerprint density at radius 1 is 1.00 bits per heavy atom. The van der Waals surface area contributed by atoms with Crippen LogP contribution in [0.2, 0.25) is 0 Å². The van der Waals surface area contributed by atoms with E-state index in [1.165, 1.54) is 10.5 Å². The Kier molecular flexibility index (Phi) is 6.44. The summed E-state index contributed by atoms with van der Waals surface area (Å²) in [6, 6.07) is 16.4. The SMILES string of the molecule is Cc1ccc(SNCCCCNc2cccc(N)c2)cc1. The molecule has 2 aromatic carbocycles. The number of unbranched alkanes of at least 4 members (excludes halogenated alkanes) is 1. The lowest BCUT2D eigenvalue weighted by atomic mass is 10.2. The third-order valence-corrected chi connectivity index (χ3v) is 3.99. The van der Waals surface area contributed by atoms with Crippen LogP contribution in [0, 0.1) is 6.92 Å². The van der Waals surface area contributed by atoms with E-state index in [2.05, 4.69) is 41.2 Å². The molecule has 4 heteroatoms. The molecule has 0 radical (unpaired) electrons. The number of nitrogen functional groups attached to an aromatic ring is 1. The predicted octanol–water partition coefficient (Wildman–Crippen LogP) is 4.07. The van der Waals surface area contributed by atoms with Crippen LogP contribution < -0.4 is 15.8 Å². The fourth-order valence-electron chi connectivity index (χ4n) is 1.94. The van der Waals surface area contributed by atoms with Gasteiger partial charge in [-0.25, -0.2) is 0 Å². The molecule has 21 heavy (non-hydrogen) atoms. The van der Waals surface area contributed by atoms with Gasteiger partial charge in [0.05, 0.1) is 0 Å². The van der Waals surface area contributed by atoms with Crippen molar-refractivity contribution in [3.8, 4) is 0 Å². The first-order valence-corrected chi connectivity index (χ1v) is 8.11. The van der Waals surface area contributed by atoms with Gasteiger partial charge in [-0.3, -0.25) is 4.72 Å². The summed E-state index contributed by atoms with van der Waals surface area (Å²) >= 11 is 1.70. The molecule has 0 aromatic heterocycles. The van der Waals surface area contributed by atoms with Gasteiger partial charge in [0.25, 0.3) is 0 Å². The second kappa shape index (κ2) is 8.60. The quantitative estimate of drug-likeness (QED) is 0.391. The standard InChI is InChI=1S/C17H23N3S/c1-14-7-9-17(10-8-14)21-20-12-3-2-11-19-16-6-4-5-15(18)13-16/h4-10,13,19-20H,2-3,11-12,18H2,1H3. The second-order valence-electron chi connectivity index (χ2n) is 5.07. The normalized spacial score (nSPS) is 10.5. The molecule has 0 aliphatic rings. The van der Waals surface area contributed by atoms with Crippen LogP contribution in [0.4, 0.5) is 11.4 Å². The summed E-state index contributed by atoms with van der Waals surface area (Å²) in [7, 11) is 0. The van der Waals surface area contributed by atoms with Gasteiger partial charge in [0, 0.05) is 29.4 Å². The fraction of sp³-hybridized carbons (Fsp3) is 0.294. The molecular weight excluding hydrogens is 278 g/mol. The van der Waals surface area contributed by atoms with E-state index in [1.807, 2.05) is 24.3 Å². The predicted molar refractivity (Wildman–Crippen MR) is 93.6 cm³/mol. The van der Waals surface area contributed by atoms with Crippen LogP contribution in [0.25, 0.3) is 0 Å². The molecule has 0 bridgehead atoms. The molecule has 0 aliphatic heterocycles. The van der Waals surface area contributed by atoms with E-state index in [1.54, 1.807) is 11.9 Å². The molecular formula is C17H23N3S. The number of rotatable bonds is 8. The second-order valence-corrected chi connectivity index (χ2v) is 6.03. The highest BCUT2D eigenvalue weighted by Crippen LogP contribution is 2.15. The minimum absolute atomic E-state index is 0.802. The summed E-state index contributed by atoms with van der Waals surface area (Å²) in [5, 5.41) is 3.39. The van der Waals surface area contributed by atoms with Gasteiger partial charge < -0.3 is 11.1 Å². The van der Waals surface area contributed by atoms with Gasteiger partial charge in [-0.1, -0.05) is 23.8 Å². The minimum Gasteiger partial charge on any atom is -0.399 e. The molecule has 0 amide bonds. The van der Waals surface area contributed by atoms with E-state index in [-0.39, 0.29) is 0 Å². The van der Waals surface area contributed by atoms with Crippen LogP contribution in [0.3, 0.4) is 0 Å². The van der Waals surface area contributed by atoms with Gasteiger partial charge >= 0.3 is 0 Å². The van der Waals surface area contributed by atoms with Crippen LogP contribution >= 0.6 is 11.9 Å². The number of aryl methyl sites for hydroxylation is 1. The lowest BCUT2D eigenvalue weighted by Gasteiger charge is -2.07. The third-order valence-electron chi connectivity index (χ3n) is 3.13. The Morgan fingerprint density at radius 3 is 2.52 bits per heavy atom. The summed E-state index contributed by atoms with van der Waals surface area (Å²) in [5.74, 6) is 0. The van der Waals surface area contributed by atoms with Gasteiger partial charge in [-0.2, -0.15) is 0 Å². The molecule has 0 saturated heterocycles. The van der Waals surface area contributed by atoms with Crippen LogP contribution in [0.5, 0.6) is 0 Å². The van der Waals surface area contributed by atoms with E-state index >= 15 is 0 Å². The van der Waals surface area contributed by atoms with E-state index in [0.717, 1.165) is 37.3 Å². The van der Waals surface area contributed by atoms with Crippen molar-refractivity contribution < 1.29 is 0 Å². The van der Waals surface area contributed by atoms with Crippen LogP contribution in [0.15, 0.2) is 53.4 Å². The smallest absolute Gasteiger partial charge is 0.0360 e. The number of hydrogen-bond acceptors (Lipinski definition) is 4. The summed E-state index contributed by atoms with van der Waals surface area (Å²) in [6.45, 7) is 4.09. The number of benzene rings is 2. The molecule has 112 valence electrons. The van der Waals surface area contributed by atoms with Gasteiger partial charge in [0.1, 0.15) is 0 Å². The van der Waals surface area contributed by atoms with Crippen LogP contribution in [-0.4, -0.2) is 13.1 Å². The Hall–Kier alpha value is -1.65. The Balaban J connectivity index is 1.53. The van der Waals surface area contributed by atoms with E-state index in [9.17, 15) is 0 Å². The maximum absolute atomic E-state index is 5.74. The van der Waals surface area contributed by atoms with Crippen molar-refractivity contribution in [3.05, 3.63) is 54.1 Å². The lowest BCUT2D eigenvalue weighted by Crippen LogP contribution is -2.08. The summed E-state index contributed by atoms with van der Waals surface area (Å²) in [4.78, 5) is 1.26. The first-order valence-electron chi connectivity index (χ1n) is 7.30. The minimum atomic E-state index is 0.802. The van der Waals surface area contributed by atoms with Gasteiger partial charge in [0.2, 0.25) is 0 Å². The number of nitrogens with one attached hydrogen (secondary N) is 2. The molecule has 0 spiro atoms. The first kappa shape index (κ1) is 15.7. The highest BCUT2D eigenvalue weighted by molar-refractivity contribution is 7.97. The maximum Gasteiger partial charge on any atom is 0.0360 e. The van der Waals surface area contributed by atoms with Crippen molar-refractivity contribution in [2.24, 2.45) is 0 Å². The van der Waals surface area contributed by atoms with Gasteiger partial charge in [-0.05, 0) is 62.0 Å². The zero-order valence-electron chi connectivity index (χ0n) is 12.4. The van der Waals surface area contributed by atoms with Gasteiger partial charge in [0.15, 0.2) is 0 Å².